The third kappa shape index (κ3) is 4.43. The van der Waals surface area contributed by atoms with Crippen molar-refractivity contribution >= 4 is 28.7 Å². The first-order valence-corrected chi connectivity index (χ1v) is 9.84. The molecule has 1 aliphatic rings. The summed E-state index contributed by atoms with van der Waals surface area (Å²) in [6.07, 6.45) is 4.12. The molecule has 0 bridgehead atoms. The summed E-state index contributed by atoms with van der Waals surface area (Å²) in [6.45, 7) is 2.48. The molecule has 27 heavy (non-hydrogen) atoms. The highest BCUT2D eigenvalue weighted by Gasteiger charge is 2.14. The number of nitrogens with zero attached hydrogens (tertiary/aromatic N) is 3. The number of thiazole rings is 1. The van der Waals surface area contributed by atoms with E-state index in [1.54, 1.807) is 29.9 Å². The van der Waals surface area contributed by atoms with Crippen LogP contribution in [0.25, 0.3) is 0 Å². The van der Waals surface area contributed by atoms with E-state index in [4.69, 9.17) is 4.74 Å². The van der Waals surface area contributed by atoms with E-state index in [1.165, 1.54) is 24.2 Å². The number of pyridine rings is 1. The largest absolute Gasteiger partial charge is 0.487 e. The van der Waals surface area contributed by atoms with Crippen molar-refractivity contribution in [1.82, 2.24) is 9.97 Å². The lowest BCUT2D eigenvalue weighted by Gasteiger charge is -2.16. The molecule has 4 rings (SSSR count). The maximum absolute atomic E-state index is 12.5. The predicted molar refractivity (Wildman–Crippen MR) is 107 cm³/mol. The van der Waals surface area contributed by atoms with Crippen molar-refractivity contribution in [2.45, 2.75) is 19.4 Å². The third-order valence-electron chi connectivity index (χ3n) is 4.40. The quantitative estimate of drug-likeness (QED) is 0.701. The maximum Gasteiger partial charge on any atom is 0.255 e. The second kappa shape index (κ2) is 8.18. The first kappa shape index (κ1) is 17.5. The van der Waals surface area contributed by atoms with Gasteiger partial charge in [-0.15, -0.1) is 11.3 Å². The fraction of sp³-hybridized carbons (Fsp3) is 0.250. The molecule has 0 atom stereocenters. The van der Waals surface area contributed by atoms with Gasteiger partial charge in [-0.2, -0.15) is 0 Å². The minimum absolute atomic E-state index is 0.190. The van der Waals surface area contributed by atoms with Crippen LogP contribution in [0.2, 0.25) is 0 Å². The molecule has 3 aromatic rings. The Kier molecular flexibility index (Phi) is 5.29. The number of hydrogen-bond donors (Lipinski definition) is 1. The van der Waals surface area contributed by atoms with Gasteiger partial charge < -0.3 is 15.0 Å². The molecule has 1 fully saturated rings. The van der Waals surface area contributed by atoms with E-state index in [0.717, 1.165) is 24.6 Å². The van der Waals surface area contributed by atoms with E-state index in [2.05, 4.69) is 20.2 Å². The van der Waals surface area contributed by atoms with Gasteiger partial charge in [-0.3, -0.25) is 4.79 Å². The molecule has 0 spiro atoms. The fourth-order valence-corrected chi connectivity index (χ4v) is 3.53. The lowest BCUT2D eigenvalue weighted by molar-refractivity contribution is 0.102. The Balaban J connectivity index is 1.38. The van der Waals surface area contributed by atoms with Gasteiger partial charge in [0, 0.05) is 24.0 Å². The van der Waals surface area contributed by atoms with E-state index >= 15 is 0 Å². The number of aromatic nitrogens is 2. The molecule has 0 radical (unpaired) electrons. The summed E-state index contributed by atoms with van der Waals surface area (Å²) in [5.74, 6) is 1.41. The number of ether oxygens (including phenoxy) is 1. The summed E-state index contributed by atoms with van der Waals surface area (Å²) in [5.41, 5.74) is 3.86. The van der Waals surface area contributed by atoms with Gasteiger partial charge in [-0.1, -0.05) is 6.07 Å². The van der Waals surface area contributed by atoms with Gasteiger partial charge in [0.1, 0.15) is 18.2 Å². The van der Waals surface area contributed by atoms with E-state index < -0.39 is 0 Å². The highest BCUT2D eigenvalue weighted by molar-refractivity contribution is 7.07. The maximum atomic E-state index is 12.5. The third-order valence-corrected chi connectivity index (χ3v) is 5.04. The molecular formula is C20H20N4O2S. The molecule has 0 unspecified atom stereocenters. The Morgan fingerprint density at radius 3 is 2.81 bits per heavy atom. The van der Waals surface area contributed by atoms with Gasteiger partial charge in [0.25, 0.3) is 5.91 Å². The Morgan fingerprint density at radius 2 is 2.07 bits per heavy atom. The van der Waals surface area contributed by atoms with Crippen LogP contribution in [0, 0.1) is 0 Å². The van der Waals surface area contributed by atoms with Crippen molar-refractivity contribution in [3.8, 4) is 5.75 Å². The minimum atomic E-state index is -0.190. The molecule has 7 heteroatoms. The van der Waals surface area contributed by atoms with E-state index in [0.29, 0.717) is 23.6 Å². The number of carbonyl (C=O) groups is 1. The molecule has 0 saturated carbocycles. The zero-order valence-electron chi connectivity index (χ0n) is 14.8. The fourth-order valence-electron chi connectivity index (χ4n) is 2.99. The molecule has 6 nitrogen and oxygen atoms in total. The standard InChI is InChI=1S/C20H20N4O2S/c25-20(23-16-6-7-19(21-11-16)24-8-1-2-9-24)15-4-3-5-18(10-15)26-12-17-13-27-14-22-17/h3-7,10-11,13-14H,1-2,8-9,12H2,(H,23,25). The second-order valence-electron chi connectivity index (χ2n) is 6.35. The van der Waals surface area contributed by atoms with Crippen LogP contribution in [0.4, 0.5) is 11.5 Å². The SMILES string of the molecule is O=C(Nc1ccc(N2CCCC2)nc1)c1cccc(OCc2cscn2)c1. The van der Waals surface area contributed by atoms with Gasteiger partial charge in [0.05, 0.1) is 23.1 Å². The first-order chi connectivity index (χ1) is 13.3. The van der Waals surface area contributed by atoms with Gasteiger partial charge in [-0.25, -0.2) is 9.97 Å². The van der Waals surface area contributed by atoms with Gasteiger partial charge >= 0.3 is 0 Å². The molecular weight excluding hydrogens is 360 g/mol. The van der Waals surface area contributed by atoms with Crippen molar-refractivity contribution in [3.05, 3.63) is 64.7 Å². The van der Waals surface area contributed by atoms with Crippen LogP contribution in [-0.4, -0.2) is 29.0 Å². The monoisotopic (exact) mass is 380 g/mol. The van der Waals surface area contributed by atoms with Crippen LogP contribution in [0.1, 0.15) is 28.9 Å². The molecule has 1 N–H and O–H groups in total. The van der Waals surface area contributed by atoms with E-state index in [1.807, 2.05) is 23.6 Å². The van der Waals surface area contributed by atoms with Crippen molar-refractivity contribution < 1.29 is 9.53 Å². The van der Waals surface area contributed by atoms with Crippen LogP contribution >= 0.6 is 11.3 Å². The molecule has 1 amide bonds. The Morgan fingerprint density at radius 1 is 1.19 bits per heavy atom. The number of benzene rings is 1. The zero-order chi connectivity index (χ0) is 18.5. The number of nitrogens with one attached hydrogen (secondary N) is 1. The van der Waals surface area contributed by atoms with E-state index in [-0.39, 0.29) is 5.91 Å². The summed E-state index contributed by atoms with van der Waals surface area (Å²) >= 11 is 1.53. The number of hydrogen-bond acceptors (Lipinski definition) is 6. The van der Waals surface area contributed by atoms with Gasteiger partial charge in [-0.05, 0) is 43.2 Å². The molecule has 2 aromatic heterocycles. The summed E-state index contributed by atoms with van der Waals surface area (Å²) in [4.78, 5) is 23.4. The molecule has 138 valence electrons. The normalized spacial score (nSPS) is 13.6. The van der Waals surface area contributed by atoms with Crippen LogP contribution < -0.4 is 15.0 Å². The van der Waals surface area contributed by atoms with Crippen molar-refractivity contribution in [3.63, 3.8) is 0 Å². The highest BCUT2D eigenvalue weighted by Crippen LogP contribution is 2.20. The number of anilines is 2. The summed E-state index contributed by atoms with van der Waals surface area (Å²) in [7, 11) is 0. The Bertz CT molecular complexity index is 891. The highest BCUT2D eigenvalue weighted by atomic mass is 32.1. The van der Waals surface area contributed by atoms with Crippen LogP contribution in [0.15, 0.2) is 53.5 Å². The summed E-state index contributed by atoms with van der Waals surface area (Å²) in [5, 5.41) is 4.83. The van der Waals surface area contributed by atoms with Crippen molar-refractivity contribution in [1.29, 1.82) is 0 Å². The summed E-state index contributed by atoms with van der Waals surface area (Å²) in [6, 6.07) is 11.0. The Hall–Kier alpha value is -2.93. The van der Waals surface area contributed by atoms with E-state index in [9.17, 15) is 4.79 Å². The molecule has 1 saturated heterocycles. The average Bonchev–Trinajstić information content (AvgIpc) is 3.41. The van der Waals surface area contributed by atoms with Gasteiger partial charge in [0.15, 0.2) is 0 Å². The molecule has 1 aromatic carbocycles. The van der Waals surface area contributed by atoms with Crippen molar-refractivity contribution in [2.24, 2.45) is 0 Å². The van der Waals surface area contributed by atoms with Gasteiger partial charge in [0.2, 0.25) is 0 Å². The Labute approximate surface area is 161 Å². The number of amides is 1. The minimum Gasteiger partial charge on any atom is -0.487 e. The smallest absolute Gasteiger partial charge is 0.255 e. The van der Waals surface area contributed by atoms with Crippen molar-refractivity contribution in [2.75, 3.05) is 23.3 Å². The first-order valence-electron chi connectivity index (χ1n) is 8.90. The zero-order valence-corrected chi connectivity index (χ0v) is 15.6. The summed E-state index contributed by atoms with van der Waals surface area (Å²) < 4.78 is 5.71. The lowest BCUT2D eigenvalue weighted by Crippen LogP contribution is -2.19. The topological polar surface area (TPSA) is 67.4 Å². The van der Waals surface area contributed by atoms with Crippen LogP contribution in [0.5, 0.6) is 5.75 Å². The van der Waals surface area contributed by atoms with Crippen LogP contribution in [-0.2, 0) is 6.61 Å². The predicted octanol–water partition coefficient (Wildman–Crippen LogP) is 3.97. The second-order valence-corrected chi connectivity index (χ2v) is 7.07. The average molecular weight is 380 g/mol. The lowest BCUT2D eigenvalue weighted by atomic mass is 10.2. The number of carbonyl (C=O) groups excluding carboxylic acids is 1. The molecule has 0 aliphatic carbocycles. The number of rotatable bonds is 6. The molecule has 1 aliphatic heterocycles. The van der Waals surface area contributed by atoms with Crippen LogP contribution in [0.3, 0.4) is 0 Å². The molecule has 3 heterocycles.